The van der Waals surface area contributed by atoms with Gasteiger partial charge in [0.15, 0.2) is 0 Å². The normalized spacial score (nSPS) is 19.6. The quantitative estimate of drug-likeness (QED) is 0.879. The van der Waals surface area contributed by atoms with Crippen LogP contribution in [0, 0.1) is 0 Å². The average molecular weight is 347 g/mol. The molecule has 0 saturated carbocycles. The number of rotatable bonds is 4. The van der Waals surface area contributed by atoms with E-state index in [0.29, 0.717) is 23.3 Å². The lowest BCUT2D eigenvalue weighted by Gasteiger charge is -2.16. The standard InChI is InChI=1S/C13H17BrClN3O/c1-16-10-4-5-18(7-10)8-13(19)17-12-3-2-9(14)6-11(12)15/h2-3,6,10,16H,4-5,7-8H2,1H3,(H,17,19). The van der Waals surface area contributed by atoms with E-state index in [-0.39, 0.29) is 5.91 Å². The number of hydrogen-bond donors (Lipinski definition) is 2. The van der Waals surface area contributed by atoms with Crippen LogP contribution in [0.15, 0.2) is 22.7 Å². The molecule has 1 aliphatic rings. The molecule has 1 heterocycles. The highest BCUT2D eigenvalue weighted by molar-refractivity contribution is 9.10. The first-order chi connectivity index (χ1) is 9.08. The summed E-state index contributed by atoms with van der Waals surface area (Å²) in [6, 6.07) is 5.91. The molecule has 6 heteroatoms. The zero-order valence-corrected chi connectivity index (χ0v) is 13.1. The maximum Gasteiger partial charge on any atom is 0.238 e. The Morgan fingerprint density at radius 3 is 3.00 bits per heavy atom. The third-order valence-corrected chi connectivity index (χ3v) is 4.06. The van der Waals surface area contributed by atoms with Crippen LogP contribution >= 0.6 is 27.5 Å². The minimum atomic E-state index is -0.0269. The van der Waals surface area contributed by atoms with Crippen LogP contribution in [0.3, 0.4) is 0 Å². The Hall–Kier alpha value is -0.620. The van der Waals surface area contributed by atoms with Crippen LogP contribution in [0.2, 0.25) is 5.02 Å². The van der Waals surface area contributed by atoms with Crippen molar-refractivity contribution in [2.45, 2.75) is 12.5 Å². The van der Waals surface area contributed by atoms with Crippen molar-refractivity contribution in [1.82, 2.24) is 10.2 Å². The fourth-order valence-electron chi connectivity index (χ4n) is 2.20. The summed E-state index contributed by atoms with van der Waals surface area (Å²) in [7, 11) is 1.95. The van der Waals surface area contributed by atoms with Gasteiger partial charge in [-0.1, -0.05) is 27.5 Å². The second-order valence-electron chi connectivity index (χ2n) is 4.68. The molecule has 1 aromatic carbocycles. The Morgan fingerprint density at radius 2 is 2.37 bits per heavy atom. The molecule has 0 aromatic heterocycles. The topological polar surface area (TPSA) is 44.4 Å². The molecule has 0 bridgehead atoms. The van der Waals surface area contributed by atoms with Crippen LogP contribution in [0.25, 0.3) is 0 Å². The van der Waals surface area contributed by atoms with E-state index in [9.17, 15) is 4.79 Å². The summed E-state index contributed by atoms with van der Waals surface area (Å²) in [5.74, 6) is -0.0269. The zero-order chi connectivity index (χ0) is 13.8. The van der Waals surface area contributed by atoms with Crippen molar-refractivity contribution in [3.63, 3.8) is 0 Å². The van der Waals surface area contributed by atoms with Crippen molar-refractivity contribution in [3.05, 3.63) is 27.7 Å². The third-order valence-electron chi connectivity index (χ3n) is 3.25. The predicted octanol–water partition coefficient (Wildman–Crippen LogP) is 2.33. The molecule has 0 aliphatic carbocycles. The molecular formula is C13H17BrClN3O. The molecule has 0 radical (unpaired) electrons. The Bertz CT molecular complexity index is 469. The van der Waals surface area contributed by atoms with Gasteiger partial charge >= 0.3 is 0 Å². The molecule has 1 saturated heterocycles. The largest absolute Gasteiger partial charge is 0.324 e. The van der Waals surface area contributed by atoms with Crippen molar-refractivity contribution < 1.29 is 4.79 Å². The number of halogens is 2. The maximum absolute atomic E-state index is 12.0. The number of likely N-dealkylation sites (N-methyl/N-ethyl adjacent to an activating group) is 1. The van der Waals surface area contributed by atoms with Gasteiger partial charge < -0.3 is 10.6 Å². The third kappa shape index (κ3) is 4.18. The van der Waals surface area contributed by atoms with Gasteiger partial charge in [-0.25, -0.2) is 0 Å². The highest BCUT2D eigenvalue weighted by Gasteiger charge is 2.22. The summed E-state index contributed by atoms with van der Waals surface area (Å²) in [6.07, 6.45) is 1.09. The first-order valence-corrected chi connectivity index (χ1v) is 7.40. The minimum absolute atomic E-state index is 0.0269. The molecule has 1 unspecified atom stereocenters. The second kappa shape index (κ2) is 6.70. The van der Waals surface area contributed by atoms with Crippen molar-refractivity contribution in [2.75, 3.05) is 32.0 Å². The Morgan fingerprint density at radius 1 is 1.58 bits per heavy atom. The van der Waals surface area contributed by atoms with Gasteiger partial charge in [0, 0.05) is 23.6 Å². The van der Waals surface area contributed by atoms with Gasteiger partial charge in [0.25, 0.3) is 0 Å². The van der Waals surface area contributed by atoms with E-state index in [4.69, 9.17) is 11.6 Å². The van der Waals surface area contributed by atoms with Crippen molar-refractivity contribution >= 4 is 39.1 Å². The first-order valence-electron chi connectivity index (χ1n) is 6.23. The summed E-state index contributed by atoms with van der Waals surface area (Å²) >= 11 is 9.40. The molecule has 19 heavy (non-hydrogen) atoms. The van der Waals surface area contributed by atoms with E-state index >= 15 is 0 Å². The second-order valence-corrected chi connectivity index (χ2v) is 6.00. The molecule has 4 nitrogen and oxygen atoms in total. The van der Waals surface area contributed by atoms with Crippen molar-refractivity contribution in [2.24, 2.45) is 0 Å². The summed E-state index contributed by atoms with van der Waals surface area (Å²) < 4.78 is 0.895. The number of nitrogens with one attached hydrogen (secondary N) is 2. The summed E-state index contributed by atoms with van der Waals surface area (Å²) in [6.45, 7) is 2.27. The van der Waals surface area contributed by atoms with E-state index in [2.05, 4.69) is 31.5 Å². The molecule has 1 aromatic rings. The van der Waals surface area contributed by atoms with Gasteiger partial charge in [-0.05, 0) is 31.7 Å². The molecule has 1 aliphatic heterocycles. The van der Waals surface area contributed by atoms with E-state index in [1.807, 2.05) is 13.1 Å². The lowest BCUT2D eigenvalue weighted by molar-refractivity contribution is -0.117. The van der Waals surface area contributed by atoms with Crippen molar-refractivity contribution in [1.29, 1.82) is 0 Å². The highest BCUT2D eigenvalue weighted by Crippen LogP contribution is 2.25. The SMILES string of the molecule is CNC1CCN(CC(=O)Nc2ccc(Br)cc2Cl)C1. The van der Waals surface area contributed by atoms with Crippen LogP contribution in [-0.2, 0) is 4.79 Å². The van der Waals surface area contributed by atoms with Crippen LogP contribution in [0.4, 0.5) is 5.69 Å². The van der Waals surface area contributed by atoms with E-state index in [0.717, 1.165) is 24.0 Å². The van der Waals surface area contributed by atoms with Crippen LogP contribution in [-0.4, -0.2) is 43.5 Å². The summed E-state index contributed by atoms with van der Waals surface area (Å²) in [5, 5.41) is 6.61. The molecule has 0 spiro atoms. The van der Waals surface area contributed by atoms with Gasteiger partial charge in [-0.15, -0.1) is 0 Å². The van der Waals surface area contributed by atoms with Crippen LogP contribution < -0.4 is 10.6 Å². The van der Waals surface area contributed by atoms with Crippen LogP contribution in [0.5, 0.6) is 0 Å². The smallest absolute Gasteiger partial charge is 0.238 e. The maximum atomic E-state index is 12.0. The highest BCUT2D eigenvalue weighted by atomic mass is 79.9. The van der Waals surface area contributed by atoms with Gasteiger partial charge in [-0.3, -0.25) is 9.69 Å². The van der Waals surface area contributed by atoms with E-state index in [1.54, 1.807) is 12.1 Å². The first kappa shape index (κ1) is 14.8. The molecule has 1 amide bonds. The Balaban J connectivity index is 1.87. The molecule has 1 atom stereocenters. The van der Waals surface area contributed by atoms with E-state index in [1.165, 1.54) is 0 Å². The van der Waals surface area contributed by atoms with Crippen LogP contribution in [0.1, 0.15) is 6.42 Å². The predicted molar refractivity (Wildman–Crippen MR) is 81.7 cm³/mol. The number of amides is 1. The number of anilines is 1. The number of carbonyl (C=O) groups is 1. The Kier molecular flexibility index (Phi) is 5.21. The lowest BCUT2D eigenvalue weighted by atomic mass is 10.3. The number of nitrogens with zero attached hydrogens (tertiary/aromatic N) is 1. The van der Waals surface area contributed by atoms with Gasteiger partial charge in [-0.2, -0.15) is 0 Å². The average Bonchev–Trinajstić information content (AvgIpc) is 2.80. The molecule has 2 N–H and O–H groups in total. The monoisotopic (exact) mass is 345 g/mol. The zero-order valence-electron chi connectivity index (χ0n) is 10.7. The van der Waals surface area contributed by atoms with E-state index < -0.39 is 0 Å². The minimum Gasteiger partial charge on any atom is -0.324 e. The van der Waals surface area contributed by atoms with Crippen molar-refractivity contribution in [3.8, 4) is 0 Å². The lowest BCUT2D eigenvalue weighted by Crippen LogP contribution is -2.34. The number of carbonyl (C=O) groups excluding carboxylic acids is 1. The summed E-state index contributed by atoms with van der Waals surface area (Å²) in [5.41, 5.74) is 0.652. The molecule has 1 fully saturated rings. The van der Waals surface area contributed by atoms with Gasteiger partial charge in [0.1, 0.15) is 0 Å². The number of hydrogen-bond acceptors (Lipinski definition) is 3. The number of likely N-dealkylation sites (tertiary alicyclic amines) is 1. The molecule has 104 valence electrons. The fraction of sp³-hybridized carbons (Fsp3) is 0.462. The van der Waals surface area contributed by atoms with Gasteiger partial charge in [0.2, 0.25) is 5.91 Å². The molecular weight excluding hydrogens is 330 g/mol. The Labute approximate surface area is 126 Å². The summed E-state index contributed by atoms with van der Waals surface area (Å²) in [4.78, 5) is 14.1. The molecule has 2 rings (SSSR count). The number of benzene rings is 1. The fourth-order valence-corrected chi connectivity index (χ4v) is 2.92. The van der Waals surface area contributed by atoms with Gasteiger partial charge in [0.05, 0.1) is 17.3 Å².